The van der Waals surface area contributed by atoms with Gasteiger partial charge >= 0.3 is 0 Å². The summed E-state index contributed by atoms with van der Waals surface area (Å²) < 4.78 is 67.2. The van der Waals surface area contributed by atoms with E-state index in [4.69, 9.17) is 5.73 Å². The van der Waals surface area contributed by atoms with Gasteiger partial charge < -0.3 is 5.73 Å². The number of hydrogen-bond acceptors (Lipinski definition) is 10. The smallest absolute Gasteiger partial charge is 0.295 e. The third-order valence-corrected chi connectivity index (χ3v) is 8.97. The molecule has 5 aromatic rings. The molecule has 46 heavy (non-hydrogen) atoms. The Bertz CT molecular complexity index is 2350. The number of hydrazone groups is 1. The van der Waals surface area contributed by atoms with Gasteiger partial charge in [0.1, 0.15) is 21.2 Å². The summed E-state index contributed by atoms with van der Waals surface area (Å²) in [6, 6.07) is 27.8. The Morgan fingerprint density at radius 1 is 0.674 bits per heavy atom. The van der Waals surface area contributed by atoms with Crippen LogP contribution in [0.25, 0.3) is 26.8 Å². The number of Topliss-reactive ketones (excluding diaryl/α,β-unsaturated/α-hetero) is 1. The van der Waals surface area contributed by atoms with Crippen molar-refractivity contribution in [2.24, 2.45) is 15.3 Å². The number of carbonyl (C=O) groups excluding carboxylic acids is 1. The van der Waals surface area contributed by atoms with Crippen molar-refractivity contribution < 1.29 is 30.7 Å². The van der Waals surface area contributed by atoms with Crippen LogP contribution in [0.15, 0.2) is 129 Å². The van der Waals surface area contributed by atoms with E-state index in [0.29, 0.717) is 16.8 Å². The number of hydrogen-bond donors (Lipinski definition) is 4. The van der Waals surface area contributed by atoms with Gasteiger partial charge in [-0.2, -0.15) is 27.1 Å². The molecule has 0 saturated heterocycles. The van der Waals surface area contributed by atoms with E-state index in [1.165, 1.54) is 18.2 Å². The lowest BCUT2D eigenvalue weighted by atomic mass is 9.95. The van der Waals surface area contributed by atoms with Gasteiger partial charge in [-0.15, -0.1) is 5.11 Å². The Labute approximate surface area is 263 Å². The first-order valence-electron chi connectivity index (χ1n) is 13.5. The Morgan fingerprint density at radius 3 is 1.89 bits per heavy atom. The number of carbonyl (C=O) groups is 1. The third kappa shape index (κ3) is 6.05. The standard InChI is InChI=1S/C32H23N5O7S2/c33-31-25-7-3-1-5-23(25)29(45(39,40)41)17-27(31)36-34-21-13-9-19(10-14-21)20-11-15-22(16-12-20)35-37-28-18-30(46(42,43)44)24-6-2-4-8-26(24)32(28)38/h1-18,35H,33H2,(H,39,40,41)(H,42,43,44). The van der Waals surface area contributed by atoms with Gasteiger partial charge in [0.05, 0.1) is 17.1 Å². The summed E-state index contributed by atoms with van der Waals surface area (Å²) in [6.07, 6.45) is 1.03. The molecule has 0 heterocycles. The van der Waals surface area contributed by atoms with Crippen LogP contribution < -0.4 is 11.2 Å². The van der Waals surface area contributed by atoms with Crippen LogP contribution in [-0.4, -0.2) is 37.4 Å². The highest BCUT2D eigenvalue weighted by molar-refractivity contribution is 7.95. The number of anilines is 2. The second kappa shape index (κ2) is 11.8. The number of nitrogens with zero attached hydrogens (tertiary/aromatic N) is 3. The third-order valence-electron chi connectivity index (χ3n) is 7.18. The molecule has 0 radical (unpaired) electrons. The van der Waals surface area contributed by atoms with E-state index in [1.807, 2.05) is 24.3 Å². The molecule has 0 spiro atoms. The van der Waals surface area contributed by atoms with Gasteiger partial charge in [0.15, 0.2) is 0 Å². The van der Waals surface area contributed by atoms with Crippen molar-refractivity contribution in [1.82, 2.24) is 0 Å². The SMILES string of the molecule is Nc1c(N=Nc2ccc(-c3ccc(NN=C4C=C(S(=O)(=O)O)c5ccccc5C4=O)cc3)cc2)cc(S(=O)(=O)O)c2ccccc12. The average molecular weight is 654 g/mol. The second-order valence-corrected chi connectivity index (χ2v) is 12.9. The predicted octanol–water partition coefficient (Wildman–Crippen LogP) is 6.64. The number of nitrogen functional groups attached to an aromatic ring is 1. The van der Waals surface area contributed by atoms with Crippen molar-refractivity contribution in [1.29, 1.82) is 0 Å². The summed E-state index contributed by atoms with van der Waals surface area (Å²) in [6.45, 7) is 0. The fraction of sp³-hybridized carbons (Fsp3) is 0. The number of nitrogens with two attached hydrogens (primary N) is 1. The number of azo groups is 1. The molecule has 0 unspecified atom stereocenters. The Kier molecular flexibility index (Phi) is 7.79. The van der Waals surface area contributed by atoms with Gasteiger partial charge in [-0.1, -0.05) is 72.8 Å². The zero-order valence-corrected chi connectivity index (χ0v) is 25.2. The monoisotopic (exact) mass is 653 g/mol. The minimum Gasteiger partial charge on any atom is -0.396 e. The molecule has 0 fully saturated rings. The molecule has 0 bridgehead atoms. The molecule has 0 aromatic heterocycles. The van der Waals surface area contributed by atoms with Crippen molar-refractivity contribution in [3.05, 3.63) is 120 Å². The van der Waals surface area contributed by atoms with E-state index in [9.17, 15) is 30.7 Å². The van der Waals surface area contributed by atoms with Crippen molar-refractivity contribution in [2.45, 2.75) is 4.90 Å². The average Bonchev–Trinajstić information content (AvgIpc) is 3.04. The molecule has 0 amide bonds. The maximum Gasteiger partial charge on any atom is 0.295 e. The minimum absolute atomic E-state index is 0.0888. The van der Waals surface area contributed by atoms with E-state index < -0.39 is 30.9 Å². The summed E-state index contributed by atoms with van der Waals surface area (Å²) in [5.74, 6) is -0.494. The van der Waals surface area contributed by atoms with E-state index in [-0.39, 0.29) is 38.5 Å². The first kappa shape index (κ1) is 30.5. The lowest BCUT2D eigenvalue weighted by Gasteiger charge is -2.16. The highest BCUT2D eigenvalue weighted by Crippen LogP contribution is 2.37. The molecule has 0 atom stereocenters. The van der Waals surface area contributed by atoms with E-state index in [0.717, 1.165) is 17.2 Å². The molecule has 0 aliphatic heterocycles. The van der Waals surface area contributed by atoms with Crippen LogP contribution in [0.2, 0.25) is 0 Å². The van der Waals surface area contributed by atoms with Gasteiger partial charge in [-0.05, 0) is 47.5 Å². The first-order chi connectivity index (χ1) is 21.9. The van der Waals surface area contributed by atoms with Gasteiger partial charge in [0.25, 0.3) is 20.2 Å². The molecule has 12 nitrogen and oxygen atoms in total. The van der Waals surface area contributed by atoms with Crippen LogP contribution in [0.4, 0.5) is 22.7 Å². The van der Waals surface area contributed by atoms with Crippen molar-refractivity contribution >= 4 is 70.2 Å². The highest BCUT2D eigenvalue weighted by Gasteiger charge is 2.30. The van der Waals surface area contributed by atoms with Gasteiger partial charge in [0, 0.05) is 21.9 Å². The molecule has 5 aromatic carbocycles. The molecule has 5 N–H and O–H groups in total. The molecule has 6 rings (SSSR count). The van der Waals surface area contributed by atoms with Crippen molar-refractivity contribution in [3.8, 4) is 11.1 Å². The molecular formula is C32H23N5O7S2. The zero-order valence-electron chi connectivity index (χ0n) is 23.6. The van der Waals surface area contributed by atoms with Crippen LogP contribution in [0, 0.1) is 0 Å². The highest BCUT2D eigenvalue weighted by atomic mass is 32.2. The number of benzene rings is 5. The first-order valence-corrected chi connectivity index (χ1v) is 16.4. The van der Waals surface area contributed by atoms with E-state index in [1.54, 1.807) is 60.7 Å². The number of nitrogens with one attached hydrogen (secondary N) is 1. The summed E-state index contributed by atoms with van der Waals surface area (Å²) >= 11 is 0. The number of ketones is 1. The molecule has 230 valence electrons. The van der Waals surface area contributed by atoms with Crippen LogP contribution in [0.5, 0.6) is 0 Å². The summed E-state index contributed by atoms with van der Waals surface area (Å²) in [5.41, 5.74) is 12.0. The quantitative estimate of drug-likeness (QED) is 0.0642. The van der Waals surface area contributed by atoms with Gasteiger partial charge in [-0.25, -0.2) is 0 Å². The molecule has 0 saturated carbocycles. The summed E-state index contributed by atoms with van der Waals surface area (Å²) in [4.78, 5) is 12.2. The normalized spacial score (nSPS) is 14.4. The summed E-state index contributed by atoms with van der Waals surface area (Å²) in [5, 5.41) is 13.1. The Balaban J connectivity index is 1.19. The lowest BCUT2D eigenvalue weighted by molar-refractivity contribution is 0.106. The van der Waals surface area contributed by atoms with E-state index >= 15 is 0 Å². The lowest BCUT2D eigenvalue weighted by Crippen LogP contribution is -2.22. The molecule has 14 heteroatoms. The number of allylic oxidation sites excluding steroid dienone is 1. The van der Waals surface area contributed by atoms with E-state index in [2.05, 4.69) is 20.8 Å². The maximum absolute atomic E-state index is 12.9. The molecule has 1 aliphatic rings. The fourth-order valence-electron chi connectivity index (χ4n) is 4.94. The second-order valence-electron chi connectivity index (χ2n) is 10.1. The van der Waals surface area contributed by atoms with Crippen LogP contribution in [-0.2, 0) is 20.2 Å². The topological polar surface area (TPSA) is 201 Å². The Hall–Kier alpha value is -5.54. The number of fused-ring (bicyclic) bond motifs is 2. The maximum atomic E-state index is 12.9. The van der Waals surface area contributed by atoms with Crippen molar-refractivity contribution in [2.75, 3.05) is 11.2 Å². The molecule has 1 aliphatic carbocycles. The fourth-order valence-corrected chi connectivity index (χ4v) is 6.37. The predicted molar refractivity (Wildman–Crippen MR) is 176 cm³/mol. The van der Waals surface area contributed by atoms with Crippen LogP contribution in [0.1, 0.15) is 15.9 Å². The Morgan fingerprint density at radius 2 is 1.26 bits per heavy atom. The minimum atomic E-state index is -4.60. The van der Waals surface area contributed by atoms with Gasteiger partial charge in [0.2, 0.25) is 5.78 Å². The van der Waals surface area contributed by atoms with Crippen LogP contribution in [0.3, 0.4) is 0 Å². The summed E-state index contributed by atoms with van der Waals surface area (Å²) in [7, 11) is -9.14. The van der Waals surface area contributed by atoms with Crippen molar-refractivity contribution in [3.63, 3.8) is 0 Å². The van der Waals surface area contributed by atoms with Crippen LogP contribution >= 0.6 is 0 Å². The zero-order chi connectivity index (χ0) is 32.6. The molecular weight excluding hydrogens is 631 g/mol. The number of rotatable bonds is 7. The largest absolute Gasteiger partial charge is 0.396 e. The van der Waals surface area contributed by atoms with Gasteiger partial charge in [-0.3, -0.25) is 19.3 Å².